The monoisotopic (exact) mass is 298 g/mol. The first-order valence-corrected chi connectivity index (χ1v) is 9.92. The molecule has 0 heterocycles. The summed E-state index contributed by atoms with van der Waals surface area (Å²) in [7, 11) is -0.511. The Bertz CT molecular complexity index is 407. The van der Waals surface area contributed by atoms with E-state index in [0.717, 1.165) is 0 Å². The van der Waals surface area contributed by atoms with Crippen molar-refractivity contribution in [3.63, 3.8) is 0 Å². The molecule has 0 fully saturated rings. The molecule has 4 nitrogen and oxygen atoms in total. The summed E-state index contributed by atoms with van der Waals surface area (Å²) in [5, 5.41) is 0.111. The van der Waals surface area contributed by atoms with E-state index in [1.54, 1.807) is 12.2 Å². The van der Waals surface area contributed by atoms with Gasteiger partial charge < -0.3 is 9.16 Å². The van der Waals surface area contributed by atoms with E-state index in [1.807, 2.05) is 0 Å². The Hall–Kier alpha value is -0.943. The molecule has 0 saturated carbocycles. The van der Waals surface area contributed by atoms with Crippen LogP contribution in [0.25, 0.3) is 0 Å². The summed E-state index contributed by atoms with van der Waals surface area (Å²) < 4.78 is 10.8. The fourth-order valence-corrected chi connectivity index (χ4v) is 2.92. The molecular formula is C15H26O4Si. The lowest BCUT2D eigenvalue weighted by molar-refractivity contribution is -0.141. The van der Waals surface area contributed by atoms with Crippen molar-refractivity contribution in [1.29, 1.82) is 0 Å². The van der Waals surface area contributed by atoms with Crippen LogP contribution >= 0.6 is 0 Å². The first-order chi connectivity index (χ1) is 9.08. The first-order valence-electron chi connectivity index (χ1n) is 7.01. The number of hydrogen-bond donors (Lipinski definition) is 0. The number of esters is 1. The zero-order chi connectivity index (χ0) is 15.6. The number of ketones is 1. The average molecular weight is 298 g/mol. The molecule has 0 spiro atoms. The Morgan fingerprint density at radius 1 is 1.35 bits per heavy atom. The third-order valence-electron chi connectivity index (χ3n) is 4.45. The third-order valence-corrected chi connectivity index (χ3v) is 8.95. The van der Waals surface area contributed by atoms with Gasteiger partial charge in [-0.3, -0.25) is 9.59 Å². The Morgan fingerprint density at radius 2 is 1.95 bits per heavy atom. The number of rotatable bonds is 5. The minimum Gasteiger partial charge on any atom is -0.469 e. The Morgan fingerprint density at radius 3 is 2.45 bits per heavy atom. The van der Waals surface area contributed by atoms with E-state index >= 15 is 0 Å². The highest BCUT2D eigenvalue weighted by Gasteiger charge is 2.40. The normalized spacial score (nSPS) is 23.2. The van der Waals surface area contributed by atoms with E-state index in [2.05, 4.69) is 38.6 Å². The molecule has 0 aliphatic heterocycles. The van der Waals surface area contributed by atoms with Crippen molar-refractivity contribution in [3.05, 3.63) is 12.2 Å². The highest BCUT2D eigenvalue weighted by atomic mass is 28.4. The third kappa shape index (κ3) is 4.02. The molecule has 0 aromatic heterocycles. The zero-order valence-corrected chi connectivity index (χ0v) is 14.4. The van der Waals surface area contributed by atoms with Crippen molar-refractivity contribution < 1.29 is 18.8 Å². The lowest BCUT2D eigenvalue weighted by atomic mass is 9.93. The van der Waals surface area contributed by atoms with Crippen LogP contribution in [0.2, 0.25) is 18.1 Å². The summed E-state index contributed by atoms with van der Waals surface area (Å²) in [5.41, 5.74) is 0. The summed E-state index contributed by atoms with van der Waals surface area (Å²) in [5.74, 6) is -0.577. The van der Waals surface area contributed by atoms with Crippen molar-refractivity contribution in [3.8, 4) is 0 Å². The molecule has 0 saturated heterocycles. The number of carbonyl (C=O) groups excluding carboxylic acids is 2. The van der Waals surface area contributed by atoms with Gasteiger partial charge in [0.05, 0.1) is 19.4 Å². The molecular weight excluding hydrogens is 272 g/mol. The molecule has 1 aliphatic rings. The van der Waals surface area contributed by atoms with E-state index in [0.29, 0.717) is 6.61 Å². The average Bonchev–Trinajstić information content (AvgIpc) is 2.66. The molecule has 0 unspecified atom stereocenters. The summed E-state index contributed by atoms with van der Waals surface area (Å²) >= 11 is 0. The predicted molar refractivity (Wildman–Crippen MR) is 80.9 cm³/mol. The summed E-state index contributed by atoms with van der Waals surface area (Å²) in [4.78, 5) is 23.3. The van der Waals surface area contributed by atoms with Crippen LogP contribution in [0.1, 0.15) is 27.2 Å². The zero-order valence-electron chi connectivity index (χ0n) is 13.4. The van der Waals surface area contributed by atoms with E-state index in [-0.39, 0.29) is 35.0 Å². The Labute approximate surface area is 122 Å². The smallest absolute Gasteiger partial charge is 0.306 e. The largest absolute Gasteiger partial charge is 0.469 e. The number of methoxy groups -OCH3 is 1. The highest BCUT2D eigenvalue weighted by Crippen LogP contribution is 2.37. The van der Waals surface area contributed by atoms with Gasteiger partial charge in [-0.25, -0.2) is 0 Å². The fraction of sp³-hybridized carbons (Fsp3) is 0.733. The van der Waals surface area contributed by atoms with Crippen LogP contribution in [0.3, 0.4) is 0 Å². The number of allylic oxidation sites excluding steroid dienone is 2. The van der Waals surface area contributed by atoms with Crippen LogP contribution in [0.4, 0.5) is 0 Å². The van der Waals surface area contributed by atoms with Crippen molar-refractivity contribution in [1.82, 2.24) is 0 Å². The summed E-state index contributed by atoms with van der Waals surface area (Å²) in [6.07, 6.45) is 3.61. The minimum absolute atomic E-state index is 0.0533. The van der Waals surface area contributed by atoms with E-state index in [1.165, 1.54) is 7.11 Å². The van der Waals surface area contributed by atoms with Gasteiger partial charge in [-0.2, -0.15) is 0 Å². The number of carbonyl (C=O) groups is 2. The molecule has 1 rings (SSSR count). The van der Waals surface area contributed by atoms with Gasteiger partial charge in [0.1, 0.15) is 0 Å². The quantitative estimate of drug-likeness (QED) is 0.578. The van der Waals surface area contributed by atoms with Gasteiger partial charge in [0.15, 0.2) is 14.1 Å². The topological polar surface area (TPSA) is 52.6 Å². The number of ether oxygens (including phenoxy) is 1. The SMILES string of the molecule is COC(=O)C[C@H]1C=CC(=O)[C@H]1CO[Si](C)(C)C(C)(C)C. The van der Waals surface area contributed by atoms with Crippen LogP contribution in [-0.4, -0.2) is 33.8 Å². The van der Waals surface area contributed by atoms with E-state index in [9.17, 15) is 9.59 Å². The van der Waals surface area contributed by atoms with Crippen LogP contribution in [-0.2, 0) is 18.8 Å². The molecule has 5 heteroatoms. The predicted octanol–water partition coefficient (Wildman–Crippen LogP) is 2.94. The molecule has 114 valence electrons. The van der Waals surface area contributed by atoms with Crippen LogP contribution in [0, 0.1) is 11.8 Å². The molecule has 2 atom stereocenters. The van der Waals surface area contributed by atoms with Crippen molar-refractivity contribution in [2.24, 2.45) is 11.8 Å². The highest BCUT2D eigenvalue weighted by molar-refractivity contribution is 6.74. The second-order valence-electron chi connectivity index (χ2n) is 6.88. The molecule has 0 amide bonds. The van der Waals surface area contributed by atoms with Crippen LogP contribution < -0.4 is 0 Å². The Balaban J connectivity index is 2.66. The second-order valence-corrected chi connectivity index (χ2v) is 11.7. The van der Waals surface area contributed by atoms with Gasteiger partial charge in [-0.05, 0) is 30.1 Å². The molecule has 0 aromatic rings. The fourth-order valence-electron chi connectivity index (χ4n) is 1.89. The molecule has 20 heavy (non-hydrogen) atoms. The lowest BCUT2D eigenvalue weighted by Crippen LogP contribution is -2.43. The first kappa shape index (κ1) is 17.1. The molecule has 0 aromatic carbocycles. The van der Waals surface area contributed by atoms with E-state index < -0.39 is 8.32 Å². The molecule has 0 bridgehead atoms. The van der Waals surface area contributed by atoms with Gasteiger partial charge in [-0.1, -0.05) is 26.8 Å². The van der Waals surface area contributed by atoms with Crippen LogP contribution in [0.15, 0.2) is 12.2 Å². The van der Waals surface area contributed by atoms with Gasteiger partial charge in [-0.15, -0.1) is 0 Å². The van der Waals surface area contributed by atoms with Gasteiger partial charge in [0.25, 0.3) is 0 Å². The molecule has 0 radical (unpaired) electrons. The van der Waals surface area contributed by atoms with Crippen molar-refractivity contribution in [2.75, 3.05) is 13.7 Å². The van der Waals surface area contributed by atoms with Crippen molar-refractivity contribution in [2.45, 2.75) is 45.3 Å². The maximum Gasteiger partial charge on any atom is 0.306 e. The standard InChI is InChI=1S/C15H26O4Si/c1-15(2,3)20(5,6)19-10-12-11(7-8-13(12)16)9-14(17)18-4/h7-8,11-12H,9-10H2,1-6H3/t11-,12+/m1/s1. The molecule has 0 N–H and O–H groups in total. The maximum atomic E-state index is 11.9. The summed E-state index contributed by atoms with van der Waals surface area (Å²) in [6.45, 7) is 11.2. The second kappa shape index (κ2) is 6.22. The van der Waals surface area contributed by atoms with Gasteiger partial charge in [0, 0.05) is 6.61 Å². The Kier molecular flexibility index (Phi) is 5.32. The van der Waals surface area contributed by atoms with E-state index in [4.69, 9.17) is 4.43 Å². The lowest BCUT2D eigenvalue weighted by Gasteiger charge is -2.37. The van der Waals surface area contributed by atoms with Crippen LogP contribution in [0.5, 0.6) is 0 Å². The summed E-state index contributed by atoms with van der Waals surface area (Å²) in [6, 6.07) is 0. The van der Waals surface area contributed by atoms with Crippen molar-refractivity contribution >= 4 is 20.1 Å². The number of hydrogen-bond acceptors (Lipinski definition) is 4. The minimum atomic E-state index is -1.88. The maximum absolute atomic E-state index is 11.9. The molecule has 1 aliphatic carbocycles. The van der Waals surface area contributed by atoms with Gasteiger partial charge >= 0.3 is 5.97 Å². The van der Waals surface area contributed by atoms with Gasteiger partial charge in [0.2, 0.25) is 0 Å².